The van der Waals surface area contributed by atoms with Crippen LogP contribution in [0.2, 0.25) is 0 Å². The van der Waals surface area contributed by atoms with Gasteiger partial charge >= 0.3 is 0 Å². The van der Waals surface area contributed by atoms with Crippen LogP contribution in [0.3, 0.4) is 0 Å². The average molecular weight is 362 g/mol. The van der Waals surface area contributed by atoms with E-state index in [0.717, 1.165) is 4.31 Å². The third-order valence-electron chi connectivity index (χ3n) is 3.02. The molecule has 7 nitrogen and oxygen atoms in total. The number of halogens is 1. The molecular formula is C15H23FN2O5S. The summed E-state index contributed by atoms with van der Waals surface area (Å²) in [5, 5.41) is 8.63. The molecule has 0 bridgehead atoms. The molecule has 0 aliphatic rings. The molecule has 1 amide bonds. The van der Waals surface area contributed by atoms with Crippen LogP contribution in [-0.4, -0.2) is 50.2 Å². The lowest BCUT2D eigenvalue weighted by atomic mass is 10.2. The van der Waals surface area contributed by atoms with Gasteiger partial charge in [-0.25, -0.2) is 13.9 Å². The van der Waals surface area contributed by atoms with E-state index in [1.54, 1.807) is 0 Å². The molecule has 0 aromatic heterocycles. The van der Waals surface area contributed by atoms with Gasteiger partial charge in [0.1, 0.15) is 5.75 Å². The van der Waals surface area contributed by atoms with Gasteiger partial charge in [-0.2, -0.15) is 4.31 Å². The Morgan fingerprint density at radius 2 is 1.96 bits per heavy atom. The number of hydrogen-bond acceptors (Lipinski definition) is 5. The molecule has 0 unspecified atom stereocenters. The molecule has 0 radical (unpaired) electrons. The highest BCUT2D eigenvalue weighted by molar-refractivity contribution is 7.89. The number of ether oxygens (including phenoxy) is 1. The Morgan fingerprint density at radius 3 is 2.46 bits per heavy atom. The zero-order valence-electron chi connectivity index (χ0n) is 13.7. The smallest absolute Gasteiger partial charge is 0.258 e. The Balaban J connectivity index is 2.94. The van der Waals surface area contributed by atoms with Gasteiger partial charge < -0.3 is 4.74 Å². The van der Waals surface area contributed by atoms with Crippen LogP contribution in [0, 0.1) is 5.92 Å². The second kappa shape index (κ2) is 9.55. The first-order valence-electron chi connectivity index (χ1n) is 7.53. The number of carbonyl (C=O) groups is 1. The summed E-state index contributed by atoms with van der Waals surface area (Å²) in [4.78, 5) is 11.4. The first-order valence-corrected chi connectivity index (χ1v) is 8.97. The summed E-state index contributed by atoms with van der Waals surface area (Å²) in [6.45, 7) is 3.01. The summed E-state index contributed by atoms with van der Waals surface area (Å²) in [5.74, 6) is -0.383. The Kier molecular flexibility index (Phi) is 8.09. The molecule has 9 heteroatoms. The quantitative estimate of drug-likeness (QED) is 0.374. The Morgan fingerprint density at radius 1 is 1.33 bits per heavy atom. The molecule has 0 fully saturated rings. The minimum Gasteiger partial charge on any atom is -0.493 e. The highest BCUT2D eigenvalue weighted by Crippen LogP contribution is 2.20. The van der Waals surface area contributed by atoms with Crippen molar-refractivity contribution in [2.24, 2.45) is 5.92 Å². The molecule has 136 valence electrons. The van der Waals surface area contributed by atoms with E-state index in [-0.39, 0.29) is 30.4 Å². The molecule has 2 N–H and O–H groups in total. The van der Waals surface area contributed by atoms with Gasteiger partial charge in [-0.1, -0.05) is 13.8 Å². The zero-order chi connectivity index (χ0) is 18.2. The zero-order valence-corrected chi connectivity index (χ0v) is 14.6. The van der Waals surface area contributed by atoms with Crippen molar-refractivity contribution in [1.82, 2.24) is 9.79 Å². The molecular weight excluding hydrogens is 339 g/mol. The van der Waals surface area contributed by atoms with Crippen molar-refractivity contribution in [3.63, 3.8) is 0 Å². The van der Waals surface area contributed by atoms with Crippen molar-refractivity contribution >= 4 is 15.9 Å². The number of nitrogens with zero attached hydrogens (tertiary/aromatic N) is 1. The number of hydrogen-bond donors (Lipinski definition) is 2. The number of hydroxylamine groups is 1. The third-order valence-corrected chi connectivity index (χ3v) is 4.85. The Bertz CT molecular complexity index is 619. The van der Waals surface area contributed by atoms with E-state index in [1.165, 1.54) is 29.7 Å². The van der Waals surface area contributed by atoms with E-state index in [1.807, 2.05) is 13.8 Å². The number of rotatable bonds is 10. The number of nitrogens with one attached hydrogen (secondary N) is 1. The van der Waals surface area contributed by atoms with Gasteiger partial charge in [0, 0.05) is 13.0 Å². The van der Waals surface area contributed by atoms with Crippen LogP contribution in [0.15, 0.2) is 29.2 Å². The number of amides is 1. The second-order valence-electron chi connectivity index (χ2n) is 5.59. The van der Waals surface area contributed by atoms with Crippen LogP contribution >= 0.6 is 0 Å². The fourth-order valence-corrected chi connectivity index (χ4v) is 3.51. The van der Waals surface area contributed by atoms with E-state index in [0.29, 0.717) is 5.75 Å². The summed E-state index contributed by atoms with van der Waals surface area (Å²) in [6, 6.07) is 5.68. The first-order chi connectivity index (χ1) is 11.3. The highest BCUT2D eigenvalue weighted by Gasteiger charge is 2.27. The van der Waals surface area contributed by atoms with Gasteiger partial charge in [-0.3, -0.25) is 14.4 Å². The fraction of sp³-hybridized carbons (Fsp3) is 0.533. The van der Waals surface area contributed by atoms with Gasteiger partial charge in [0.2, 0.25) is 10.0 Å². The van der Waals surface area contributed by atoms with Crippen LogP contribution in [-0.2, 0) is 14.8 Å². The summed E-state index contributed by atoms with van der Waals surface area (Å²) >= 11 is 0. The van der Waals surface area contributed by atoms with Crippen molar-refractivity contribution in [1.29, 1.82) is 0 Å². The van der Waals surface area contributed by atoms with Crippen molar-refractivity contribution in [2.75, 3.05) is 26.4 Å². The number of sulfonamides is 1. The SMILES string of the molecule is CC(C)CN(CC(=O)NO)S(=O)(=O)c1ccc(OCCCF)cc1. The monoisotopic (exact) mass is 362 g/mol. The van der Waals surface area contributed by atoms with Crippen molar-refractivity contribution in [3.05, 3.63) is 24.3 Å². The van der Waals surface area contributed by atoms with Crippen LogP contribution in [0.5, 0.6) is 5.75 Å². The third kappa shape index (κ3) is 6.06. The molecule has 24 heavy (non-hydrogen) atoms. The van der Waals surface area contributed by atoms with E-state index in [2.05, 4.69) is 0 Å². The topological polar surface area (TPSA) is 95.9 Å². The lowest BCUT2D eigenvalue weighted by Gasteiger charge is -2.23. The van der Waals surface area contributed by atoms with Crippen LogP contribution in [0.4, 0.5) is 4.39 Å². The molecule has 0 atom stereocenters. The van der Waals surface area contributed by atoms with Crippen molar-refractivity contribution in [3.8, 4) is 5.75 Å². The lowest BCUT2D eigenvalue weighted by Crippen LogP contribution is -2.41. The number of alkyl halides is 1. The number of carbonyl (C=O) groups excluding carboxylic acids is 1. The highest BCUT2D eigenvalue weighted by atomic mass is 32.2. The summed E-state index contributed by atoms with van der Waals surface area (Å²) in [5.41, 5.74) is 1.43. The Hall–Kier alpha value is -1.71. The maximum absolute atomic E-state index is 12.7. The number of benzene rings is 1. The molecule has 1 aromatic carbocycles. The molecule has 0 saturated heterocycles. The maximum atomic E-state index is 12.7. The predicted molar refractivity (Wildman–Crippen MR) is 86.1 cm³/mol. The average Bonchev–Trinajstić information content (AvgIpc) is 2.54. The molecule has 1 rings (SSSR count). The largest absolute Gasteiger partial charge is 0.493 e. The van der Waals surface area contributed by atoms with Crippen molar-refractivity contribution < 1.29 is 27.5 Å². The molecule has 1 aromatic rings. The minimum atomic E-state index is -3.90. The molecule has 0 spiro atoms. The molecule has 0 aliphatic heterocycles. The standard InChI is InChI=1S/C15H23FN2O5S/c1-12(2)10-18(11-15(19)17-20)24(21,22)14-6-4-13(5-7-14)23-9-3-8-16/h4-7,12,20H,3,8-11H2,1-2H3,(H,17,19). The van der Waals surface area contributed by atoms with E-state index < -0.39 is 29.1 Å². The van der Waals surface area contributed by atoms with Crippen LogP contribution in [0.25, 0.3) is 0 Å². The van der Waals surface area contributed by atoms with Gasteiger partial charge in [-0.05, 0) is 30.2 Å². The van der Waals surface area contributed by atoms with Crippen LogP contribution < -0.4 is 10.2 Å². The van der Waals surface area contributed by atoms with E-state index >= 15 is 0 Å². The van der Waals surface area contributed by atoms with Crippen molar-refractivity contribution in [2.45, 2.75) is 25.2 Å². The first kappa shape index (κ1) is 20.3. The Labute approximate surface area is 141 Å². The lowest BCUT2D eigenvalue weighted by molar-refractivity contribution is -0.129. The minimum absolute atomic E-state index is 0.00502. The molecule has 0 saturated carbocycles. The van der Waals surface area contributed by atoms with Gasteiger partial charge in [0.25, 0.3) is 5.91 Å². The molecule has 0 aliphatic carbocycles. The predicted octanol–water partition coefficient (Wildman–Crippen LogP) is 1.58. The maximum Gasteiger partial charge on any atom is 0.258 e. The summed E-state index contributed by atoms with van der Waals surface area (Å²) in [6.07, 6.45) is 0.262. The van der Waals surface area contributed by atoms with E-state index in [4.69, 9.17) is 9.94 Å². The van der Waals surface area contributed by atoms with E-state index in [9.17, 15) is 17.6 Å². The second-order valence-corrected chi connectivity index (χ2v) is 7.53. The van der Waals surface area contributed by atoms with Gasteiger partial charge in [0.15, 0.2) is 0 Å². The summed E-state index contributed by atoms with van der Waals surface area (Å²) < 4.78 is 43.6. The molecule has 0 heterocycles. The van der Waals surface area contributed by atoms with Gasteiger partial charge in [-0.15, -0.1) is 0 Å². The summed E-state index contributed by atoms with van der Waals surface area (Å²) in [7, 11) is -3.90. The fourth-order valence-electron chi connectivity index (χ4n) is 1.95. The normalized spacial score (nSPS) is 11.8. The van der Waals surface area contributed by atoms with Gasteiger partial charge in [0.05, 0.1) is 24.7 Å². The van der Waals surface area contributed by atoms with Crippen LogP contribution in [0.1, 0.15) is 20.3 Å².